The quantitative estimate of drug-likeness (QED) is 0.233. The van der Waals surface area contributed by atoms with Gasteiger partial charge in [0.15, 0.2) is 5.11 Å². The summed E-state index contributed by atoms with van der Waals surface area (Å²) in [5, 5.41) is 7.17. The lowest BCUT2D eigenvalue weighted by molar-refractivity contribution is -0.123. The van der Waals surface area contributed by atoms with E-state index in [-0.39, 0.29) is 18.0 Å². The number of hydrogen-bond donors (Lipinski definition) is 2. The average Bonchev–Trinajstić information content (AvgIpc) is 3.44. The zero-order valence-electron chi connectivity index (χ0n) is 25.6. The van der Waals surface area contributed by atoms with E-state index in [0.717, 1.165) is 28.3 Å². The third-order valence-corrected chi connectivity index (χ3v) is 8.20. The van der Waals surface area contributed by atoms with Gasteiger partial charge in [-0.05, 0) is 93.0 Å². The molecule has 42 heavy (non-hydrogen) atoms. The van der Waals surface area contributed by atoms with Crippen molar-refractivity contribution >= 4 is 34.6 Å². The molecule has 0 aliphatic carbocycles. The molecule has 0 bridgehead atoms. The van der Waals surface area contributed by atoms with E-state index in [9.17, 15) is 4.79 Å². The Kier molecular flexibility index (Phi) is 7.86. The Morgan fingerprint density at radius 1 is 1.02 bits per heavy atom. The third-order valence-electron chi connectivity index (χ3n) is 7.89. The van der Waals surface area contributed by atoms with Gasteiger partial charge in [-0.15, -0.1) is 0 Å². The number of nitrogens with zero attached hydrogens (tertiary/aromatic N) is 3. The number of hydrogen-bond acceptors (Lipinski definition) is 4. The highest BCUT2D eigenvalue weighted by atomic mass is 32.1. The molecule has 1 fully saturated rings. The van der Waals surface area contributed by atoms with Crippen LogP contribution in [0.1, 0.15) is 66.6 Å². The minimum atomic E-state index is -0.538. The second kappa shape index (κ2) is 11.2. The minimum absolute atomic E-state index is 0.0844. The Bertz CT molecular complexity index is 1650. The molecule has 2 atom stereocenters. The van der Waals surface area contributed by atoms with Crippen LogP contribution in [0.25, 0.3) is 5.69 Å². The summed E-state index contributed by atoms with van der Waals surface area (Å²) in [5.41, 5.74) is 8.89. The maximum atomic E-state index is 12.7. The zero-order chi connectivity index (χ0) is 30.3. The highest BCUT2D eigenvalue weighted by Gasteiger charge is 2.42. The summed E-state index contributed by atoms with van der Waals surface area (Å²) < 4.78 is 8.09. The fourth-order valence-corrected chi connectivity index (χ4v) is 5.96. The Balaban J connectivity index is 1.64. The Morgan fingerprint density at radius 2 is 1.79 bits per heavy atom. The van der Waals surface area contributed by atoms with Crippen LogP contribution < -0.4 is 20.3 Å². The maximum Gasteiger partial charge on any atom is 0.229 e. The molecule has 1 amide bonds. The molecular formula is C34H39N5O2S. The van der Waals surface area contributed by atoms with Crippen molar-refractivity contribution in [1.82, 2.24) is 14.9 Å². The van der Waals surface area contributed by atoms with Crippen LogP contribution in [0.5, 0.6) is 5.75 Å². The first-order valence-electron chi connectivity index (χ1n) is 14.2. The van der Waals surface area contributed by atoms with Gasteiger partial charge >= 0.3 is 0 Å². The summed E-state index contributed by atoms with van der Waals surface area (Å²) in [5.74, 6) is 0.479. The van der Waals surface area contributed by atoms with Gasteiger partial charge < -0.3 is 24.8 Å². The number of benzene rings is 2. The van der Waals surface area contributed by atoms with Gasteiger partial charge in [0.2, 0.25) is 5.91 Å². The molecule has 2 aromatic carbocycles. The summed E-state index contributed by atoms with van der Waals surface area (Å²) in [6.45, 7) is 14.2. The number of carbonyl (C=O) groups is 1. The van der Waals surface area contributed by atoms with Gasteiger partial charge in [-0.25, -0.2) is 0 Å². The van der Waals surface area contributed by atoms with E-state index in [1.807, 2.05) is 63.4 Å². The van der Waals surface area contributed by atoms with Crippen molar-refractivity contribution in [1.29, 1.82) is 0 Å². The van der Waals surface area contributed by atoms with Crippen molar-refractivity contribution in [3.8, 4) is 11.4 Å². The standard InChI is InChI=1S/C34H39N5O2S/c1-20-12-13-21(2)28(17-20)38-22(3)18-25(23(38)4)31-30(27-11-9-10-16-35-27)37-33(42)39(31)24-14-15-26(29(19-24)41-8)36-32(40)34(5,6)7/h9-19,30-31H,1-8H3,(H,36,40)(H,37,42). The van der Waals surface area contributed by atoms with Gasteiger partial charge in [-0.1, -0.05) is 39.0 Å². The number of ether oxygens (including phenoxy) is 1. The van der Waals surface area contributed by atoms with Crippen molar-refractivity contribution < 1.29 is 9.53 Å². The number of anilines is 2. The summed E-state index contributed by atoms with van der Waals surface area (Å²) in [7, 11) is 1.61. The number of rotatable bonds is 6. The normalized spacial score (nSPS) is 16.9. The van der Waals surface area contributed by atoms with Gasteiger partial charge in [0, 0.05) is 40.4 Å². The summed E-state index contributed by atoms with van der Waals surface area (Å²) in [6, 6.07) is 20.2. The van der Waals surface area contributed by atoms with E-state index >= 15 is 0 Å². The van der Waals surface area contributed by atoms with Crippen LogP contribution in [0, 0.1) is 33.1 Å². The molecule has 218 valence electrons. The fraction of sp³-hybridized carbons (Fsp3) is 0.324. The highest BCUT2D eigenvalue weighted by Crippen LogP contribution is 2.45. The molecule has 8 heteroatoms. The third kappa shape index (κ3) is 5.39. The molecule has 0 spiro atoms. The van der Waals surface area contributed by atoms with Gasteiger partial charge in [0.1, 0.15) is 5.75 Å². The second-order valence-corrected chi connectivity index (χ2v) is 12.4. The Morgan fingerprint density at radius 3 is 2.45 bits per heavy atom. The number of thiocarbonyl (C=S) groups is 1. The second-order valence-electron chi connectivity index (χ2n) is 12.0. The van der Waals surface area contributed by atoms with Crippen LogP contribution in [0.3, 0.4) is 0 Å². The van der Waals surface area contributed by atoms with Crippen LogP contribution in [-0.4, -0.2) is 27.7 Å². The molecule has 3 heterocycles. The van der Waals surface area contributed by atoms with Crippen molar-refractivity contribution in [3.05, 3.63) is 101 Å². The Labute approximate surface area is 253 Å². The molecule has 0 saturated carbocycles. The number of methoxy groups -OCH3 is 1. The average molecular weight is 582 g/mol. The molecule has 0 radical (unpaired) electrons. The lowest BCUT2D eigenvalue weighted by Gasteiger charge is -2.29. The summed E-state index contributed by atoms with van der Waals surface area (Å²) in [6.07, 6.45) is 1.81. The van der Waals surface area contributed by atoms with Crippen molar-refractivity contribution in [2.45, 2.75) is 60.5 Å². The molecule has 1 saturated heterocycles. The molecule has 7 nitrogen and oxygen atoms in total. The lowest BCUT2D eigenvalue weighted by atomic mass is 9.95. The van der Waals surface area contributed by atoms with Gasteiger partial charge in [-0.2, -0.15) is 0 Å². The summed E-state index contributed by atoms with van der Waals surface area (Å²) >= 11 is 5.99. The minimum Gasteiger partial charge on any atom is -0.494 e. The number of carbonyl (C=O) groups excluding carboxylic acids is 1. The van der Waals surface area contributed by atoms with E-state index in [2.05, 4.69) is 72.1 Å². The predicted octanol–water partition coefficient (Wildman–Crippen LogP) is 7.28. The summed E-state index contributed by atoms with van der Waals surface area (Å²) in [4.78, 5) is 19.6. The number of pyridine rings is 1. The van der Waals surface area contributed by atoms with E-state index in [1.165, 1.54) is 16.8 Å². The van der Waals surface area contributed by atoms with Crippen LogP contribution in [0.4, 0.5) is 11.4 Å². The number of aromatic nitrogens is 2. The van der Waals surface area contributed by atoms with Crippen molar-refractivity contribution in [2.75, 3.05) is 17.3 Å². The van der Waals surface area contributed by atoms with E-state index in [4.69, 9.17) is 21.9 Å². The lowest BCUT2D eigenvalue weighted by Crippen LogP contribution is -2.30. The maximum absolute atomic E-state index is 12.7. The van der Waals surface area contributed by atoms with Crippen LogP contribution in [0.2, 0.25) is 0 Å². The zero-order valence-corrected chi connectivity index (χ0v) is 26.4. The predicted molar refractivity (Wildman–Crippen MR) is 174 cm³/mol. The molecule has 2 unspecified atom stereocenters. The SMILES string of the molecule is COc1cc(N2C(=S)NC(c3ccccn3)C2c2cc(C)n(-c3cc(C)ccc3C)c2C)ccc1NC(=O)C(C)(C)C. The smallest absolute Gasteiger partial charge is 0.229 e. The van der Waals surface area contributed by atoms with Gasteiger partial charge in [-0.3, -0.25) is 9.78 Å². The van der Waals surface area contributed by atoms with E-state index in [1.54, 1.807) is 7.11 Å². The number of amides is 1. The van der Waals surface area contributed by atoms with E-state index < -0.39 is 5.41 Å². The monoisotopic (exact) mass is 581 g/mol. The van der Waals surface area contributed by atoms with Crippen LogP contribution in [-0.2, 0) is 4.79 Å². The number of aryl methyl sites for hydroxylation is 3. The van der Waals surface area contributed by atoms with Crippen molar-refractivity contribution in [2.24, 2.45) is 5.41 Å². The molecule has 1 aliphatic rings. The van der Waals surface area contributed by atoms with Crippen LogP contribution >= 0.6 is 12.2 Å². The topological polar surface area (TPSA) is 71.4 Å². The molecule has 1 aliphatic heterocycles. The first kappa shape index (κ1) is 29.3. The first-order chi connectivity index (χ1) is 19.9. The highest BCUT2D eigenvalue weighted by molar-refractivity contribution is 7.80. The number of nitrogens with one attached hydrogen (secondary N) is 2. The molecule has 4 aromatic rings. The van der Waals surface area contributed by atoms with Gasteiger partial charge in [0.05, 0.1) is 30.6 Å². The largest absolute Gasteiger partial charge is 0.494 e. The fourth-order valence-electron chi connectivity index (χ4n) is 5.61. The van der Waals surface area contributed by atoms with Crippen molar-refractivity contribution in [3.63, 3.8) is 0 Å². The Hall–Kier alpha value is -4.17. The molecular weight excluding hydrogens is 542 g/mol. The van der Waals surface area contributed by atoms with Gasteiger partial charge in [0.25, 0.3) is 0 Å². The first-order valence-corrected chi connectivity index (χ1v) is 14.6. The van der Waals surface area contributed by atoms with E-state index in [0.29, 0.717) is 16.5 Å². The van der Waals surface area contributed by atoms with Crippen LogP contribution in [0.15, 0.2) is 66.9 Å². The molecule has 5 rings (SSSR count). The molecule has 2 N–H and O–H groups in total. The molecule has 2 aromatic heterocycles.